The Kier molecular flexibility index (Phi) is 5.16. The molecule has 1 heterocycles. The van der Waals surface area contributed by atoms with Crippen molar-refractivity contribution < 1.29 is 4.74 Å². The maximum absolute atomic E-state index is 5.67. The van der Waals surface area contributed by atoms with Gasteiger partial charge >= 0.3 is 0 Å². The van der Waals surface area contributed by atoms with Gasteiger partial charge < -0.3 is 10.1 Å². The van der Waals surface area contributed by atoms with Gasteiger partial charge in [-0.1, -0.05) is 39.4 Å². The molecular weight excluding hydrogens is 312 g/mol. The Morgan fingerprint density at radius 2 is 2.28 bits per heavy atom. The van der Waals surface area contributed by atoms with E-state index < -0.39 is 0 Å². The molecule has 0 aliphatic rings. The summed E-state index contributed by atoms with van der Waals surface area (Å²) in [5.41, 5.74) is 1.17. The number of aromatic nitrogens is 1. The van der Waals surface area contributed by atoms with E-state index >= 15 is 0 Å². The predicted molar refractivity (Wildman–Crippen MR) is 78.9 cm³/mol. The molecule has 0 aliphatic carbocycles. The van der Waals surface area contributed by atoms with Crippen molar-refractivity contribution in [3.8, 4) is 0 Å². The van der Waals surface area contributed by atoms with Gasteiger partial charge in [-0.05, 0) is 24.6 Å². The van der Waals surface area contributed by atoms with E-state index in [1.165, 1.54) is 5.56 Å². The molecule has 0 fully saturated rings. The molecule has 0 bridgehead atoms. The Bertz CT molecular complexity index is 501. The Labute approximate surface area is 119 Å². The van der Waals surface area contributed by atoms with Crippen LogP contribution in [0.1, 0.15) is 17.4 Å². The van der Waals surface area contributed by atoms with Gasteiger partial charge in [-0.25, -0.2) is 4.98 Å². The van der Waals surface area contributed by atoms with E-state index in [1.807, 2.05) is 18.3 Å². The van der Waals surface area contributed by atoms with Crippen LogP contribution in [-0.4, -0.2) is 11.5 Å². The lowest BCUT2D eigenvalue weighted by Crippen LogP contribution is -1.94. The number of hydrogen-bond donors (Lipinski definition) is 1. The second kappa shape index (κ2) is 6.87. The summed E-state index contributed by atoms with van der Waals surface area (Å²) in [5.74, 6) is 0. The SMILES string of the molecule is CCNc1ncc(COCc2cccc(Br)c2)s1. The van der Waals surface area contributed by atoms with Gasteiger partial charge in [0.2, 0.25) is 0 Å². The zero-order valence-electron chi connectivity index (χ0n) is 10.1. The van der Waals surface area contributed by atoms with E-state index in [4.69, 9.17) is 4.74 Å². The Hall–Kier alpha value is -0.910. The van der Waals surface area contributed by atoms with Crippen LogP contribution in [0.4, 0.5) is 5.13 Å². The van der Waals surface area contributed by atoms with E-state index in [-0.39, 0.29) is 0 Å². The summed E-state index contributed by atoms with van der Waals surface area (Å²) in [6.45, 7) is 4.18. The van der Waals surface area contributed by atoms with Gasteiger partial charge in [0.25, 0.3) is 0 Å². The van der Waals surface area contributed by atoms with Gasteiger partial charge in [0.15, 0.2) is 5.13 Å². The molecule has 0 saturated carbocycles. The number of nitrogens with zero attached hydrogens (tertiary/aromatic N) is 1. The van der Waals surface area contributed by atoms with E-state index in [9.17, 15) is 0 Å². The quantitative estimate of drug-likeness (QED) is 0.869. The van der Waals surface area contributed by atoms with Gasteiger partial charge in [0, 0.05) is 17.2 Å². The zero-order chi connectivity index (χ0) is 12.8. The topological polar surface area (TPSA) is 34.2 Å². The maximum atomic E-state index is 5.67. The number of hydrogen-bond acceptors (Lipinski definition) is 4. The van der Waals surface area contributed by atoms with E-state index in [2.05, 4.69) is 45.3 Å². The van der Waals surface area contributed by atoms with Gasteiger partial charge in [-0.3, -0.25) is 0 Å². The van der Waals surface area contributed by atoms with E-state index in [1.54, 1.807) is 11.3 Å². The molecule has 3 nitrogen and oxygen atoms in total. The smallest absolute Gasteiger partial charge is 0.182 e. The molecule has 2 aromatic rings. The molecular formula is C13H15BrN2OS. The van der Waals surface area contributed by atoms with Crippen molar-refractivity contribution in [1.29, 1.82) is 0 Å². The van der Waals surface area contributed by atoms with Gasteiger partial charge in [0.05, 0.1) is 18.1 Å². The van der Waals surface area contributed by atoms with E-state index in [0.29, 0.717) is 13.2 Å². The molecule has 1 N–H and O–H groups in total. The molecule has 1 aromatic heterocycles. The molecule has 0 saturated heterocycles. The lowest BCUT2D eigenvalue weighted by atomic mass is 10.2. The fraction of sp³-hybridized carbons (Fsp3) is 0.308. The van der Waals surface area contributed by atoms with Crippen LogP contribution in [0.2, 0.25) is 0 Å². The average molecular weight is 327 g/mol. The number of rotatable bonds is 6. The summed E-state index contributed by atoms with van der Waals surface area (Å²) < 4.78 is 6.75. The maximum Gasteiger partial charge on any atom is 0.182 e. The molecule has 0 aliphatic heterocycles. The first kappa shape index (κ1) is 13.5. The predicted octanol–water partition coefficient (Wildman–Crippen LogP) is 4.05. The number of thiazole rings is 1. The molecule has 0 radical (unpaired) electrons. The second-order valence-corrected chi connectivity index (χ2v) is 5.82. The zero-order valence-corrected chi connectivity index (χ0v) is 12.6. The minimum Gasteiger partial charge on any atom is -0.371 e. The van der Waals surface area contributed by atoms with Gasteiger partial charge in [0.1, 0.15) is 0 Å². The summed E-state index contributed by atoms with van der Waals surface area (Å²) in [6, 6.07) is 8.15. The largest absolute Gasteiger partial charge is 0.371 e. The van der Waals surface area contributed by atoms with Crippen molar-refractivity contribution in [3.63, 3.8) is 0 Å². The Morgan fingerprint density at radius 3 is 3.06 bits per heavy atom. The fourth-order valence-electron chi connectivity index (χ4n) is 1.50. The normalized spacial score (nSPS) is 10.6. The molecule has 96 valence electrons. The molecule has 0 unspecified atom stereocenters. The number of nitrogens with one attached hydrogen (secondary N) is 1. The third-order valence-corrected chi connectivity index (χ3v) is 3.71. The second-order valence-electron chi connectivity index (χ2n) is 3.78. The van der Waals surface area contributed by atoms with Crippen molar-refractivity contribution >= 4 is 32.4 Å². The molecule has 0 spiro atoms. The minimum absolute atomic E-state index is 0.607. The Morgan fingerprint density at radius 1 is 1.39 bits per heavy atom. The third kappa shape index (κ3) is 4.08. The summed E-state index contributed by atoms with van der Waals surface area (Å²) >= 11 is 5.09. The molecule has 18 heavy (non-hydrogen) atoms. The lowest BCUT2D eigenvalue weighted by Gasteiger charge is -2.03. The highest BCUT2D eigenvalue weighted by molar-refractivity contribution is 9.10. The van der Waals surface area contributed by atoms with Crippen molar-refractivity contribution in [2.45, 2.75) is 20.1 Å². The monoisotopic (exact) mass is 326 g/mol. The molecule has 5 heteroatoms. The van der Waals surface area contributed by atoms with Crippen molar-refractivity contribution in [3.05, 3.63) is 45.4 Å². The van der Waals surface area contributed by atoms with Crippen LogP contribution in [0.5, 0.6) is 0 Å². The van der Waals surface area contributed by atoms with Crippen molar-refractivity contribution in [2.75, 3.05) is 11.9 Å². The number of ether oxygens (including phenoxy) is 1. The standard InChI is InChI=1S/C13H15BrN2OS/c1-2-15-13-16-7-12(18-13)9-17-8-10-4-3-5-11(14)6-10/h3-7H,2,8-9H2,1H3,(H,15,16). The van der Waals surface area contributed by atoms with Crippen molar-refractivity contribution in [2.24, 2.45) is 0 Å². The van der Waals surface area contributed by atoms with Gasteiger partial charge in [-0.15, -0.1) is 0 Å². The first-order valence-corrected chi connectivity index (χ1v) is 7.39. The highest BCUT2D eigenvalue weighted by atomic mass is 79.9. The van der Waals surface area contributed by atoms with Crippen LogP contribution in [0.15, 0.2) is 34.9 Å². The van der Waals surface area contributed by atoms with Crippen LogP contribution in [0.25, 0.3) is 0 Å². The van der Waals surface area contributed by atoms with Crippen molar-refractivity contribution in [1.82, 2.24) is 4.98 Å². The van der Waals surface area contributed by atoms with Crippen LogP contribution in [0, 0.1) is 0 Å². The number of anilines is 1. The van der Waals surface area contributed by atoms with Gasteiger partial charge in [-0.2, -0.15) is 0 Å². The highest BCUT2D eigenvalue weighted by Crippen LogP contribution is 2.19. The summed E-state index contributed by atoms with van der Waals surface area (Å²) in [6.07, 6.45) is 1.86. The van der Waals surface area contributed by atoms with Crippen LogP contribution < -0.4 is 5.32 Å². The summed E-state index contributed by atoms with van der Waals surface area (Å²) in [5, 5.41) is 4.15. The molecule has 2 rings (SSSR count). The average Bonchev–Trinajstić information content (AvgIpc) is 2.78. The lowest BCUT2D eigenvalue weighted by molar-refractivity contribution is 0.109. The first-order valence-electron chi connectivity index (χ1n) is 5.78. The molecule has 0 atom stereocenters. The summed E-state index contributed by atoms with van der Waals surface area (Å²) in [4.78, 5) is 5.41. The van der Waals surface area contributed by atoms with Crippen LogP contribution in [-0.2, 0) is 18.0 Å². The Balaban J connectivity index is 1.81. The number of halogens is 1. The first-order chi connectivity index (χ1) is 8.78. The third-order valence-electron chi connectivity index (χ3n) is 2.28. The highest BCUT2D eigenvalue weighted by Gasteiger charge is 2.01. The van der Waals surface area contributed by atoms with Crippen LogP contribution in [0.3, 0.4) is 0 Å². The fourth-order valence-corrected chi connectivity index (χ4v) is 2.77. The van der Waals surface area contributed by atoms with E-state index in [0.717, 1.165) is 21.0 Å². The summed E-state index contributed by atoms with van der Waals surface area (Å²) in [7, 11) is 0. The van der Waals surface area contributed by atoms with Crippen LogP contribution >= 0.6 is 27.3 Å². The molecule has 0 amide bonds. The minimum atomic E-state index is 0.607. The number of benzene rings is 1. The molecule has 1 aromatic carbocycles.